The molecular formula is C20H24N4O5S. The number of furan rings is 1. The molecule has 1 aromatic carbocycles. The summed E-state index contributed by atoms with van der Waals surface area (Å²) in [5, 5.41) is 6.41. The van der Waals surface area contributed by atoms with Crippen molar-refractivity contribution in [1.29, 1.82) is 0 Å². The molecule has 3 N–H and O–H groups in total. The third-order valence-corrected chi connectivity index (χ3v) is 6.09. The molecule has 1 aliphatic carbocycles. The molecule has 1 aliphatic rings. The van der Waals surface area contributed by atoms with Crippen molar-refractivity contribution >= 4 is 28.1 Å². The van der Waals surface area contributed by atoms with Gasteiger partial charge in [-0.15, -0.1) is 0 Å². The highest BCUT2D eigenvalue weighted by Gasteiger charge is 2.20. The number of hydrogen-bond donors (Lipinski definition) is 3. The van der Waals surface area contributed by atoms with Crippen LogP contribution in [0.25, 0.3) is 0 Å². The molecule has 0 radical (unpaired) electrons. The number of carbonyl (C=O) groups excluding carboxylic acids is 2. The Morgan fingerprint density at radius 2 is 1.77 bits per heavy atom. The maximum atomic E-state index is 12.2. The van der Waals surface area contributed by atoms with Crippen LogP contribution in [0.4, 0.5) is 0 Å². The highest BCUT2D eigenvalue weighted by Crippen LogP contribution is 2.17. The fourth-order valence-electron chi connectivity index (χ4n) is 3.11. The van der Waals surface area contributed by atoms with Gasteiger partial charge < -0.3 is 9.73 Å². The van der Waals surface area contributed by atoms with Crippen molar-refractivity contribution in [3.05, 3.63) is 54.0 Å². The number of nitrogens with zero attached hydrogens (tertiary/aromatic N) is 1. The molecule has 0 bridgehead atoms. The lowest BCUT2D eigenvalue weighted by Crippen LogP contribution is -2.44. The molecule has 10 heteroatoms. The predicted octanol–water partition coefficient (Wildman–Crippen LogP) is 1.66. The highest BCUT2D eigenvalue weighted by atomic mass is 32.2. The van der Waals surface area contributed by atoms with Gasteiger partial charge in [0.2, 0.25) is 10.0 Å². The molecule has 30 heavy (non-hydrogen) atoms. The van der Waals surface area contributed by atoms with E-state index in [2.05, 4.69) is 20.6 Å². The molecule has 0 atom stereocenters. The third kappa shape index (κ3) is 6.26. The second-order valence-corrected chi connectivity index (χ2v) is 8.72. The van der Waals surface area contributed by atoms with Gasteiger partial charge in [-0.25, -0.2) is 18.6 Å². The number of benzene rings is 1. The van der Waals surface area contributed by atoms with Crippen LogP contribution in [-0.4, -0.2) is 32.5 Å². The Balaban J connectivity index is 1.46. The van der Waals surface area contributed by atoms with Gasteiger partial charge in [-0.05, 0) is 37.1 Å². The topological polar surface area (TPSA) is 130 Å². The average Bonchev–Trinajstić information content (AvgIpc) is 3.21. The van der Waals surface area contributed by atoms with E-state index in [1.54, 1.807) is 30.3 Å². The van der Waals surface area contributed by atoms with Crippen LogP contribution in [0, 0.1) is 0 Å². The number of carbonyl (C=O) groups is 2. The number of hydrogen-bond acceptors (Lipinski definition) is 6. The van der Waals surface area contributed by atoms with Gasteiger partial charge in [0.05, 0.1) is 17.7 Å². The molecule has 0 unspecified atom stereocenters. The molecule has 160 valence electrons. The van der Waals surface area contributed by atoms with Gasteiger partial charge in [-0.2, -0.15) is 5.10 Å². The van der Waals surface area contributed by atoms with Crippen LogP contribution in [0.5, 0.6) is 0 Å². The molecule has 1 fully saturated rings. The summed E-state index contributed by atoms with van der Waals surface area (Å²) in [6, 6.07) is 11.2. The van der Waals surface area contributed by atoms with Gasteiger partial charge >= 0.3 is 11.8 Å². The number of rotatable bonds is 7. The lowest BCUT2D eigenvalue weighted by Gasteiger charge is -2.22. The lowest BCUT2D eigenvalue weighted by molar-refractivity contribution is -0.139. The first kappa shape index (κ1) is 21.7. The van der Waals surface area contributed by atoms with E-state index in [1.807, 2.05) is 0 Å². The van der Waals surface area contributed by atoms with E-state index < -0.39 is 21.8 Å². The third-order valence-electron chi connectivity index (χ3n) is 4.68. The standard InChI is InChI=1S/C20H24N4O5S/c25-19(23-15-7-3-1-4-8-15)20(26)24-21-13-16-11-12-17(29-16)14-22-30(27,28)18-9-5-2-6-10-18/h2,5-6,9-13,15,22H,1,3-4,7-8,14H2,(H,23,25)(H,24,26)/b21-13+. The van der Waals surface area contributed by atoms with Crippen molar-refractivity contribution in [3.63, 3.8) is 0 Å². The molecule has 2 amide bonds. The van der Waals surface area contributed by atoms with Crippen LogP contribution in [0.15, 0.2) is 56.9 Å². The number of hydrazone groups is 1. The quantitative estimate of drug-likeness (QED) is 0.348. The van der Waals surface area contributed by atoms with E-state index >= 15 is 0 Å². The van der Waals surface area contributed by atoms with Gasteiger partial charge in [-0.1, -0.05) is 37.5 Å². The van der Waals surface area contributed by atoms with E-state index in [0.29, 0.717) is 11.5 Å². The van der Waals surface area contributed by atoms with E-state index in [4.69, 9.17) is 4.42 Å². The summed E-state index contributed by atoms with van der Waals surface area (Å²) in [5.74, 6) is -0.886. The maximum absolute atomic E-state index is 12.2. The Labute approximate surface area is 175 Å². The van der Waals surface area contributed by atoms with Gasteiger partial charge in [-0.3, -0.25) is 9.59 Å². The van der Waals surface area contributed by atoms with Crippen molar-refractivity contribution in [2.75, 3.05) is 0 Å². The Kier molecular flexibility index (Phi) is 7.36. The van der Waals surface area contributed by atoms with Crippen LogP contribution in [0.1, 0.15) is 43.6 Å². The molecule has 9 nitrogen and oxygen atoms in total. The van der Waals surface area contributed by atoms with Gasteiger partial charge in [0, 0.05) is 6.04 Å². The number of sulfonamides is 1. The molecule has 3 rings (SSSR count). The van der Waals surface area contributed by atoms with E-state index in [9.17, 15) is 18.0 Å². The van der Waals surface area contributed by atoms with Gasteiger partial charge in [0.1, 0.15) is 11.5 Å². The fourth-order valence-corrected chi connectivity index (χ4v) is 4.13. The lowest BCUT2D eigenvalue weighted by atomic mass is 9.95. The molecule has 0 saturated heterocycles. The maximum Gasteiger partial charge on any atom is 0.329 e. The first-order valence-electron chi connectivity index (χ1n) is 9.71. The van der Waals surface area contributed by atoms with Crippen LogP contribution >= 0.6 is 0 Å². The van der Waals surface area contributed by atoms with Crippen molar-refractivity contribution in [3.8, 4) is 0 Å². The Hall–Kier alpha value is -2.98. The summed E-state index contributed by atoms with van der Waals surface area (Å²) in [6.45, 7) is -0.0405. The van der Waals surface area contributed by atoms with Gasteiger partial charge in [0.15, 0.2) is 0 Å². The summed E-state index contributed by atoms with van der Waals surface area (Å²) in [6.07, 6.45) is 6.25. The minimum Gasteiger partial charge on any atom is -0.459 e. The zero-order valence-electron chi connectivity index (χ0n) is 16.3. The zero-order valence-corrected chi connectivity index (χ0v) is 17.2. The minimum absolute atomic E-state index is 0.0354. The fraction of sp³-hybridized carbons (Fsp3) is 0.350. The monoisotopic (exact) mass is 432 g/mol. The van der Waals surface area contributed by atoms with E-state index in [0.717, 1.165) is 32.1 Å². The van der Waals surface area contributed by atoms with Crippen molar-refractivity contribution < 1.29 is 22.4 Å². The average molecular weight is 433 g/mol. The Morgan fingerprint density at radius 1 is 1.03 bits per heavy atom. The largest absolute Gasteiger partial charge is 0.459 e. The molecule has 1 aromatic heterocycles. The Bertz CT molecular complexity index is 995. The van der Waals surface area contributed by atoms with Crippen molar-refractivity contribution in [2.45, 2.75) is 49.6 Å². The molecule has 0 spiro atoms. The summed E-state index contributed by atoms with van der Waals surface area (Å²) in [5.41, 5.74) is 2.15. The second-order valence-electron chi connectivity index (χ2n) is 6.95. The van der Waals surface area contributed by atoms with Crippen molar-refractivity contribution in [1.82, 2.24) is 15.5 Å². The summed E-state index contributed by atoms with van der Waals surface area (Å²) < 4.78 is 32.3. The van der Waals surface area contributed by atoms with Gasteiger partial charge in [0.25, 0.3) is 0 Å². The van der Waals surface area contributed by atoms with E-state index in [-0.39, 0.29) is 17.5 Å². The van der Waals surface area contributed by atoms with E-state index in [1.165, 1.54) is 18.3 Å². The minimum atomic E-state index is -3.64. The SMILES string of the molecule is O=C(N/N=C/c1ccc(CNS(=O)(=O)c2ccccc2)o1)C(=O)NC1CCCCC1. The first-order chi connectivity index (χ1) is 14.4. The molecule has 1 heterocycles. The summed E-state index contributed by atoms with van der Waals surface area (Å²) in [4.78, 5) is 23.8. The smallest absolute Gasteiger partial charge is 0.329 e. The molecule has 0 aliphatic heterocycles. The van der Waals surface area contributed by atoms with Crippen LogP contribution in [0.3, 0.4) is 0 Å². The van der Waals surface area contributed by atoms with Crippen LogP contribution in [0.2, 0.25) is 0 Å². The highest BCUT2D eigenvalue weighted by molar-refractivity contribution is 7.89. The first-order valence-corrected chi connectivity index (χ1v) is 11.2. The molecule has 1 saturated carbocycles. The number of nitrogens with one attached hydrogen (secondary N) is 3. The summed E-state index contributed by atoms with van der Waals surface area (Å²) >= 11 is 0. The normalized spacial score (nSPS) is 15.2. The van der Waals surface area contributed by atoms with Crippen molar-refractivity contribution in [2.24, 2.45) is 5.10 Å². The molecule has 2 aromatic rings. The molecular weight excluding hydrogens is 408 g/mol. The number of amides is 2. The zero-order chi connectivity index (χ0) is 21.4. The second kappa shape index (κ2) is 10.2. The Morgan fingerprint density at radius 3 is 2.50 bits per heavy atom. The predicted molar refractivity (Wildman–Crippen MR) is 110 cm³/mol. The van der Waals surface area contributed by atoms with Crippen LogP contribution in [-0.2, 0) is 26.2 Å². The van der Waals surface area contributed by atoms with Crippen LogP contribution < -0.4 is 15.5 Å². The summed E-state index contributed by atoms with van der Waals surface area (Å²) in [7, 11) is -3.64.